The lowest BCUT2D eigenvalue weighted by molar-refractivity contribution is -0.116. The fraction of sp³-hybridized carbons (Fsp3) is 0.692. The van der Waals surface area contributed by atoms with E-state index in [0.29, 0.717) is 17.7 Å². The molecule has 5 nitrogen and oxygen atoms in total. The van der Waals surface area contributed by atoms with Crippen molar-refractivity contribution in [1.29, 1.82) is 0 Å². The number of halogens is 3. The molecule has 0 N–H and O–H groups in total. The molecule has 1 aromatic carbocycles. The molecule has 0 bridgehead atoms. The van der Waals surface area contributed by atoms with Crippen LogP contribution in [-0.2, 0) is 25.3 Å². The molecule has 0 aliphatic heterocycles. The minimum atomic E-state index is -4.73. The molecular weight excluding hydrogens is 512 g/mol. The largest absolute Gasteiger partial charge is 0.493 e. The third-order valence-electron chi connectivity index (χ3n) is 5.52. The standard InChI is InChI=1S/C26H42F3O5PS/c1-4-5-6-7-8-9-10-11-12-13-21-36(31,32)22-20-33-24-17-14-23(15-18-24)16-19-25(26(27,28)29)34-35(2,3)30/h14-15,17-19H,4-13,16,20-22H2,1-3H3/b25-19-. The molecule has 0 aliphatic rings. The Labute approximate surface area is 215 Å². The number of hydrogen-bond acceptors (Lipinski definition) is 5. The van der Waals surface area contributed by atoms with E-state index in [1.165, 1.54) is 38.5 Å². The summed E-state index contributed by atoms with van der Waals surface area (Å²) in [4.78, 5) is 0. The van der Waals surface area contributed by atoms with Gasteiger partial charge in [-0.2, -0.15) is 13.2 Å². The summed E-state index contributed by atoms with van der Waals surface area (Å²) in [5.74, 6) is -0.751. The smallest absolute Gasteiger partial charge is 0.449 e. The van der Waals surface area contributed by atoms with Crippen molar-refractivity contribution < 1.29 is 35.4 Å². The molecule has 0 atom stereocenters. The SMILES string of the molecule is CCCCCCCCCCCCS(=O)(=O)CCOc1ccc(C/C=C(\OP(C)(C)=O)C(F)(F)F)cc1. The predicted molar refractivity (Wildman–Crippen MR) is 141 cm³/mol. The first kappa shape index (κ1) is 32.6. The second-order valence-electron chi connectivity index (χ2n) is 9.44. The van der Waals surface area contributed by atoms with Crippen LogP contribution in [0.15, 0.2) is 36.1 Å². The van der Waals surface area contributed by atoms with Crippen molar-refractivity contribution in [1.82, 2.24) is 0 Å². The van der Waals surface area contributed by atoms with Crippen LogP contribution in [0.1, 0.15) is 76.7 Å². The van der Waals surface area contributed by atoms with Crippen molar-refractivity contribution in [3.05, 3.63) is 41.7 Å². The van der Waals surface area contributed by atoms with Crippen LogP contribution >= 0.6 is 7.37 Å². The first-order valence-corrected chi connectivity index (χ1v) is 17.1. The van der Waals surface area contributed by atoms with Crippen molar-refractivity contribution in [2.24, 2.45) is 0 Å². The summed E-state index contributed by atoms with van der Waals surface area (Å²) in [6.45, 7) is 4.47. The minimum Gasteiger partial charge on any atom is -0.493 e. The Kier molecular flexibility index (Phi) is 14.8. The third kappa shape index (κ3) is 16.3. The molecule has 0 heterocycles. The van der Waals surface area contributed by atoms with E-state index in [0.717, 1.165) is 38.7 Å². The zero-order valence-electron chi connectivity index (χ0n) is 21.8. The van der Waals surface area contributed by atoms with Gasteiger partial charge in [0.1, 0.15) is 12.4 Å². The van der Waals surface area contributed by atoms with Gasteiger partial charge in [0.25, 0.3) is 0 Å². The van der Waals surface area contributed by atoms with Crippen LogP contribution in [0.4, 0.5) is 13.2 Å². The highest BCUT2D eigenvalue weighted by atomic mass is 32.2. The average molecular weight is 555 g/mol. The van der Waals surface area contributed by atoms with E-state index in [1.807, 2.05) is 0 Å². The van der Waals surface area contributed by atoms with E-state index in [1.54, 1.807) is 24.3 Å². The molecule has 1 aromatic rings. The third-order valence-corrected chi connectivity index (χ3v) is 7.85. The maximum absolute atomic E-state index is 13.1. The van der Waals surface area contributed by atoms with Gasteiger partial charge < -0.3 is 9.26 Å². The van der Waals surface area contributed by atoms with Crippen LogP contribution in [-0.4, -0.2) is 46.0 Å². The lowest BCUT2D eigenvalue weighted by Crippen LogP contribution is -2.17. The van der Waals surface area contributed by atoms with Crippen LogP contribution in [0.3, 0.4) is 0 Å². The molecule has 0 radical (unpaired) electrons. The highest BCUT2D eigenvalue weighted by Gasteiger charge is 2.37. The monoisotopic (exact) mass is 554 g/mol. The summed E-state index contributed by atoms with van der Waals surface area (Å²) < 4.78 is 85.4. The van der Waals surface area contributed by atoms with E-state index in [4.69, 9.17) is 4.74 Å². The predicted octanol–water partition coefficient (Wildman–Crippen LogP) is 7.94. The summed E-state index contributed by atoms with van der Waals surface area (Å²) >= 11 is 0. The Bertz CT molecular complexity index is 922. The first-order chi connectivity index (χ1) is 16.8. The average Bonchev–Trinajstić information content (AvgIpc) is 2.77. The number of allylic oxidation sites excluding steroid dienone is 2. The first-order valence-electron chi connectivity index (χ1n) is 12.8. The Balaban J connectivity index is 2.33. The number of rotatable bonds is 19. The number of benzene rings is 1. The molecule has 0 amide bonds. The van der Waals surface area contributed by atoms with Gasteiger partial charge in [-0.1, -0.05) is 76.8 Å². The zero-order chi connectivity index (χ0) is 27.1. The molecule has 0 saturated heterocycles. The molecule has 10 heteroatoms. The fourth-order valence-corrected chi connectivity index (χ4v) is 5.41. The number of alkyl halides is 3. The van der Waals surface area contributed by atoms with Gasteiger partial charge in [-0.05, 0) is 36.6 Å². The topological polar surface area (TPSA) is 69.7 Å². The van der Waals surface area contributed by atoms with Gasteiger partial charge >= 0.3 is 6.18 Å². The van der Waals surface area contributed by atoms with E-state index in [9.17, 15) is 26.2 Å². The molecular formula is C26H42F3O5PS. The van der Waals surface area contributed by atoms with E-state index in [2.05, 4.69) is 11.4 Å². The van der Waals surface area contributed by atoms with Gasteiger partial charge in [0.05, 0.1) is 11.5 Å². The van der Waals surface area contributed by atoms with Gasteiger partial charge in [-0.15, -0.1) is 0 Å². The summed E-state index contributed by atoms with van der Waals surface area (Å²) in [5.41, 5.74) is 0.573. The molecule has 36 heavy (non-hydrogen) atoms. The fourth-order valence-electron chi connectivity index (χ4n) is 3.57. The molecule has 0 aromatic heterocycles. The van der Waals surface area contributed by atoms with Crippen LogP contribution in [0.2, 0.25) is 0 Å². The minimum absolute atomic E-state index is 0.0215. The number of sulfone groups is 1. The quantitative estimate of drug-likeness (QED) is 0.0986. The van der Waals surface area contributed by atoms with Crippen LogP contribution in [0, 0.1) is 0 Å². The van der Waals surface area contributed by atoms with Crippen molar-refractivity contribution in [3.8, 4) is 5.75 Å². The maximum atomic E-state index is 13.1. The van der Waals surface area contributed by atoms with Gasteiger partial charge in [0.15, 0.2) is 9.84 Å². The Hall–Kier alpha value is -1.47. The van der Waals surface area contributed by atoms with Gasteiger partial charge in [0.2, 0.25) is 13.1 Å². The normalized spacial score (nSPS) is 13.1. The van der Waals surface area contributed by atoms with E-state index in [-0.39, 0.29) is 24.5 Å². The zero-order valence-corrected chi connectivity index (χ0v) is 23.5. The lowest BCUT2D eigenvalue weighted by Gasteiger charge is -2.16. The van der Waals surface area contributed by atoms with Gasteiger partial charge in [0, 0.05) is 13.3 Å². The molecule has 0 spiro atoms. The summed E-state index contributed by atoms with van der Waals surface area (Å²) in [5, 5.41) is 0. The van der Waals surface area contributed by atoms with E-state index >= 15 is 0 Å². The number of unbranched alkanes of at least 4 members (excludes halogenated alkanes) is 9. The summed E-state index contributed by atoms with van der Waals surface area (Å²) in [6, 6.07) is 6.35. The maximum Gasteiger partial charge on any atom is 0.449 e. The Morgan fingerprint density at radius 3 is 1.92 bits per heavy atom. The van der Waals surface area contributed by atoms with Crippen molar-refractivity contribution in [3.63, 3.8) is 0 Å². The van der Waals surface area contributed by atoms with Gasteiger partial charge in [-0.3, -0.25) is 4.57 Å². The Morgan fingerprint density at radius 2 is 1.42 bits per heavy atom. The molecule has 208 valence electrons. The van der Waals surface area contributed by atoms with Crippen molar-refractivity contribution >= 4 is 17.2 Å². The van der Waals surface area contributed by atoms with E-state index < -0.39 is 29.1 Å². The van der Waals surface area contributed by atoms with Crippen molar-refractivity contribution in [2.75, 3.05) is 31.4 Å². The molecule has 1 rings (SSSR count). The highest BCUT2D eigenvalue weighted by molar-refractivity contribution is 7.91. The second-order valence-corrected chi connectivity index (χ2v) is 14.4. The van der Waals surface area contributed by atoms with Crippen molar-refractivity contribution in [2.45, 2.75) is 83.7 Å². The summed E-state index contributed by atoms with van der Waals surface area (Å²) in [7, 11) is -6.54. The molecule has 0 fully saturated rings. The van der Waals surface area contributed by atoms with Crippen LogP contribution < -0.4 is 4.74 Å². The highest BCUT2D eigenvalue weighted by Crippen LogP contribution is 2.44. The van der Waals surface area contributed by atoms with Gasteiger partial charge in [-0.25, -0.2) is 8.42 Å². The Morgan fingerprint density at radius 1 is 0.889 bits per heavy atom. The second kappa shape index (κ2) is 16.4. The number of ether oxygens (including phenoxy) is 1. The molecule has 0 aliphatic carbocycles. The summed E-state index contributed by atoms with van der Waals surface area (Å²) in [6.07, 6.45) is 7.48. The molecule has 0 saturated carbocycles. The molecule has 0 unspecified atom stereocenters. The van der Waals surface area contributed by atoms with Crippen LogP contribution in [0.5, 0.6) is 5.75 Å². The lowest BCUT2D eigenvalue weighted by atomic mass is 10.1. The van der Waals surface area contributed by atoms with Crippen LogP contribution in [0.25, 0.3) is 0 Å². The number of hydrogen-bond donors (Lipinski definition) is 0.